The van der Waals surface area contributed by atoms with Gasteiger partial charge in [0.2, 0.25) is 5.91 Å². The normalized spacial score (nSPS) is 26.3. The summed E-state index contributed by atoms with van der Waals surface area (Å²) in [6, 6.07) is -0.408. The topological polar surface area (TPSA) is 49.6 Å². The number of allylic oxidation sites excluding steroid dienone is 3. The van der Waals surface area contributed by atoms with Crippen LogP contribution in [0.1, 0.15) is 6.42 Å². The fraction of sp³-hybridized carbons (Fsp3) is 0.364. The van der Waals surface area contributed by atoms with Gasteiger partial charge < -0.3 is 10.6 Å². The zero-order valence-corrected chi connectivity index (χ0v) is 8.81. The van der Waals surface area contributed by atoms with Gasteiger partial charge in [0.25, 0.3) is 0 Å². The van der Waals surface area contributed by atoms with E-state index in [1.807, 2.05) is 23.1 Å². The van der Waals surface area contributed by atoms with Gasteiger partial charge >= 0.3 is 0 Å². The molecule has 0 spiro atoms. The zero-order valence-electron chi connectivity index (χ0n) is 8.81. The SMILES string of the molecule is C=C1C=CC=C2N(C)C(=O)C(N)CCN12. The van der Waals surface area contributed by atoms with Gasteiger partial charge in [-0.15, -0.1) is 0 Å². The van der Waals surface area contributed by atoms with Crippen molar-refractivity contribution in [2.24, 2.45) is 5.73 Å². The third kappa shape index (κ3) is 1.57. The number of hydrogen-bond donors (Lipinski definition) is 1. The molecule has 0 bridgehead atoms. The predicted octanol–water partition coefficient (Wildman–Crippen LogP) is 0.403. The molecule has 1 fully saturated rings. The highest BCUT2D eigenvalue weighted by atomic mass is 16.2. The highest BCUT2D eigenvalue weighted by Gasteiger charge is 2.29. The molecule has 0 aromatic carbocycles. The summed E-state index contributed by atoms with van der Waals surface area (Å²) in [4.78, 5) is 15.4. The number of carbonyl (C=O) groups excluding carboxylic acids is 1. The van der Waals surface area contributed by atoms with Crippen LogP contribution in [0.4, 0.5) is 0 Å². The van der Waals surface area contributed by atoms with Crippen molar-refractivity contribution < 1.29 is 4.79 Å². The van der Waals surface area contributed by atoms with Gasteiger partial charge in [-0.1, -0.05) is 12.7 Å². The van der Waals surface area contributed by atoms with Crippen LogP contribution >= 0.6 is 0 Å². The second kappa shape index (κ2) is 3.55. The summed E-state index contributed by atoms with van der Waals surface area (Å²) >= 11 is 0. The van der Waals surface area contributed by atoms with Crippen LogP contribution in [-0.2, 0) is 4.79 Å². The molecule has 0 aliphatic carbocycles. The predicted molar refractivity (Wildman–Crippen MR) is 58.4 cm³/mol. The number of amides is 1. The van der Waals surface area contributed by atoms with E-state index in [2.05, 4.69) is 6.58 Å². The van der Waals surface area contributed by atoms with Crippen molar-refractivity contribution in [3.63, 3.8) is 0 Å². The van der Waals surface area contributed by atoms with E-state index in [-0.39, 0.29) is 5.91 Å². The molecule has 4 heteroatoms. The molecule has 2 rings (SSSR count). The summed E-state index contributed by atoms with van der Waals surface area (Å²) in [5, 5.41) is 0. The van der Waals surface area contributed by atoms with Gasteiger partial charge in [-0.2, -0.15) is 0 Å². The molecule has 1 amide bonds. The summed E-state index contributed by atoms with van der Waals surface area (Å²) in [6.07, 6.45) is 6.39. The molecule has 2 aliphatic heterocycles. The maximum atomic E-state index is 11.8. The number of rotatable bonds is 0. The Morgan fingerprint density at radius 2 is 2.33 bits per heavy atom. The van der Waals surface area contributed by atoms with Crippen molar-refractivity contribution in [2.45, 2.75) is 12.5 Å². The van der Waals surface area contributed by atoms with E-state index in [4.69, 9.17) is 5.73 Å². The van der Waals surface area contributed by atoms with Crippen LogP contribution in [-0.4, -0.2) is 35.3 Å². The summed E-state index contributed by atoms with van der Waals surface area (Å²) in [6.45, 7) is 4.69. The fourth-order valence-electron chi connectivity index (χ4n) is 1.88. The van der Waals surface area contributed by atoms with E-state index < -0.39 is 6.04 Å². The Hall–Kier alpha value is -1.55. The number of hydrogen-bond acceptors (Lipinski definition) is 3. The first-order chi connectivity index (χ1) is 7.11. The first-order valence-corrected chi connectivity index (χ1v) is 4.99. The Morgan fingerprint density at radius 3 is 3.07 bits per heavy atom. The Kier molecular flexibility index (Phi) is 2.36. The van der Waals surface area contributed by atoms with E-state index in [1.165, 1.54) is 0 Å². The van der Waals surface area contributed by atoms with Crippen LogP contribution in [0.3, 0.4) is 0 Å². The number of nitrogens with two attached hydrogens (primary N) is 1. The van der Waals surface area contributed by atoms with E-state index in [0.29, 0.717) is 6.42 Å². The third-order valence-corrected chi connectivity index (χ3v) is 2.81. The van der Waals surface area contributed by atoms with E-state index in [1.54, 1.807) is 11.9 Å². The van der Waals surface area contributed by atoms with Gasteiger partial charge in [0.15, 0.2) is 0 Å². The number of nitrogens with zero attached hydrogens (tertiary/aromatic N) is 2. The minimum absolute atomic E-state index is 0.0353. The molecule has 1 saturated heterocycles. The summed E-state index contributed by atoms with van der Waals surface area (Å²) in [5.74, 6) is 0.826. The molecule has 0 aromatic rings. The molecule has 0 saturated carbocycles. The molecular weight excluding hydrogens is 190 g/mol. The lowest BCUT2D eigenvalue weighted by Gasteiger charge is -2.31. The minimum atomic E-state index is -0.408. The monoisotopic (exact) mass is 205 g/mol. The van der Waals surface area contributed by atoms with Crippen molar-refractivity contribution >= 4 is 5.91 Å². The van der Waals surface area contributed by atoms with Crippen molar-refractivity contribution in [3.05, 3.63) is 36.3 Å². The first-order valence-electron chi connectivity index (χ1n) is 4.99. The molecule has 0 radical (unpaired) electrons. The molecule has 1 unspecified atom stereocenters. The standard InChI is InChI=1S/C11H15N3O/c1-8-4-3-5-10-13(2)11(15)9(12)6-7-14(8)10/h3-5,9H,1,6-7,12H2,2H3. The van der Waals surface area contributed by atoms with Crippen LogP contribution in [0.2, 0.25) is 0 Å². The molecule has 0 aromatic heterocycles. The highest BCUT2D eigenvalue weighted by molar-refractivity contribution is 5.83. The van der Waals surface area contributed by atoms with Gasteiger partial charge in [-0.25, -0.2) is 0 Å². The molecule has 15 heavy (non-hydrogen) atoms. The van der Waals surface area contributed by atoms with Crippen LogP contribution in [0.5, 0.6) is 0 Å². The van der Waals surface area contributed by atoms with Crippen LogP contribution in [0.15, 0.2) is 36.3 Å². The number of likely N-dealkylation sites (N-methyl/N-ethyl adjacent to an activating group) is 1. The maximum absolute atomic E-state index is 11.8. The summed E-state index contributed by atoms with van der Waals surface area (Å²) in [5.41, 5.74) is 6.68. The van der Waals surface area contributed by atoms with Crippen LogP contribution in [0.25, 0.3) is 0 Å². The Labute approximate surface area is 89.3 Å². The van der Waals surface area contributed by atoms with E-state index in [0.717, 1.165) is 18.1 Å². The molecule has 2 aliphatic rings. The summed E-state index contributed by atoms with van der Waals surface area (Å²) < 4.78 is 0. The van der Waals surface area contributed by atoms with Gasteiger partial charge in [0, 0.05) is 19.3 Å². The average Bonchev–Trinajstić information content (AvgIpc) is 2.33. The Morgan fingerprint density at radius 1 is 1.60 bits per heavy atom. The van der Waals surface area contributed by atoms with Crippen molar-refractivity contribution in [2.75, 3.05) is 13.6 Å². The number of fused-ring (bicyclic) bond motifs is 1. The Balaban J connectivity index is 2.37. The van der Waals surface area contributed by atoms with Crippen molar-refractivity contribution in [1.29, 1.82) is 0 Å². The van der Waals surface area contributed by atoms with Gasteiger partial charge in [-0.3, -0.25) is 9.69 Å². The van der Waals surface area contributed by atoms with Crippen molar-refractivity contribution in [1.82, 2.24) is 9.80 Å². The van der Waals surface area contributed by atoms with E-state index >= 15 is 0 Å². The van der Waals surface area contributed by atoms with Crippen LogP contribution in [0, 0.1) is 0 Å². The number of carbonyl (C=O) groups is 1. The summed E-state index contributed by atoms with van der Waals surface area (Å²) in [7, 11) is 1.75. The molecule has 4 nitrogen and oxygen atoms in total. The molecular formula is C11H15N3O. The molecule has 2 N–H and O–H groups in total. The lowest BCUT2D eigenvalue weighted by atomic mass is 10.2. The van der Waals surface area contributed by atoms with Gasteiger partial charge in [0.05, 0.1) is 6.04 Å². The van der Waals surface area contributed by atoms with Gasteiger partial charge in [-0.05, 0) is 18.6 Å². The lowest BCUT2D eigenvalue weighted by Crippen LogP contribution is -2.40. The zero-order chi connectivity index (χ0) is 11.0. The van der Waals surface area contributed by atoms with Gasteiger partial charge in [0.1, 0.15) is 5.82 Å². The quantitative estimate of drug-likeness (QED) is 0.623. The smallest absolute Gasteiger partial charge is 0.244 e. The third-order valence-electron chi connectivity index (χ3n) is 2.81. The Bertz CT molecular complexity index is 370. The highest BCUT2D eigenvalue weighted by Crippen LogP contribution is 2.24. The minimum Gasteiger partial charge on any atom is -0.328 e. The maximum Gasteiger partial charge on any atom is 0.244 e. The fourth-order valence-corrected chi connectivity index (χ4v) is 1.88. The van der Waals surface area contributed by atoms with Crippen molar-refractivity contribution in [3.8, 4) is 0 Å². The van der Waals surface area contributed by atoms with Crippen LogP contribution < -0.4 is 5.73 Å². The van der Waals surface area contributed by atoms with E-state index in [9.17, 15) is 4.79 Å². The second-order valence-electron chi connectivity index (χ2n) is 3.82. The molecule has 80 valence electrons. The largest absolute Gasteiger partial charge is 0.328 e. The first kappa shape index (κ1) is 9.98. The average molecular weight is 205 g/mol. The molecule has 2 heterocycles. The lowest BCUT2D eigenvalue weighted by molar-refractivity contribution is -0.129. The molecule has 1 atom stereocenters. The second-order valence-corrected chi connectivity index (χ2v) is 3.82.